The molecule has 15 heavy (non-hydrogen) atoms. The second-order valence-corrected chi connectivity index (χ2v) is 5.09. The third-order valence-electron chi connectivity index (χ3n) is 3.28. The molecule has 1 amide bonds. The van der Waals surface area contributed by atoms with Crippen LogP contribution in [0.25, 0.3) is 0 Å². The van der Waals surface area contributed by atoms with E-state index in [4.69, 9.17) is 5.11 Å². The van der Waals surface area contributed by atoms with Gasteiger partial charge in [0, 0.05) is 6.54 Å². The molecule has 1 aliphatic rings. The normalized spacial score (nSPS) is 18.3. The highest BCUT2D eigenvalue weighted by Gasteiger charge is 2.57. The third-order valence-corrected chi connectivity index (χ3v) is 3.28. The molecule has 0 aromatic rings. The lowest BCUT2D eigenvalue weighted by Crippen LogP contribution is -2.41. The zero-order valence-electron chi connectivity index (χ0n) is 9.59. The van der Waals surface area contributed by atoms with Crippen LogP contribution in [0.15, 0.2) is 0 Å². The number of rotatable bonds is 5. The minimum atomic E-state index is -1.11. The van der Waals surface area contributed by atoms with Gasteiger partial charge in [-0.1, -0.05) is 20.8 Å². The van der Waals surface area contributed by atoms with E-state index in [1.165, 1.54) is 0 Å². The molecule has 2 N–H and O–H groups in total. The van der Waals surface area contributed by atoms with Crippen molar-refractivity contribution in [3.8, 4) is 0 Å². The second kappa shape index (κ2) is 3.83. The molecule has 0 heterocycles. The van der Waals surface area contributed by atoms with Crippen LogP contribution >= 0.6 is 0 Å². The van der Waals surface area contributed by atoms with Gasteiger partial charge in [-0.2, -0.15) is 0 Å². The molecule has 86 valence electrons. The predicted octanol–water partition coefficient (Wildman–Crippen LogP) is 1.40. The first-order valence-electron chi connectivity index (χ1n) is 5.36. The summed E-state index contributed by atoms with van der Waals surface area (Å²) in [7, 11) is 0. The van der Waals surface area contributed by atoms with E-state index in [2.05, 4.69) is 12.2 Å². The van der Waals surface area contributed by atoms with E-state index in [1.54, 1.807) is 0 Å². The molecule has 1 aliphatic carbocycles. The van der Waals surface area contributed by atoms with E-state index in [9.17, 15) is 9.59 Å². The molecule has 0 radical (unpaired) electrons. The van der Waals surface area contributed by atoms with Crippen molar-refractivity contribution in [3.63, 3.8) is 0 Å². The average molecular weight is 213 g/mol. The van der Waals surface area contributed by atoms with Crippen LogP contribution in [0.2, 0.25) is 0 Å². The number of aliphatic carboxylic acids is 1. The summed E-state index contributed by atoms with van der Waals surface area (Å²) < 4.78 is 0. The fraction of sp³-hybridized carbons (Fsp3) is 0.818. The Morgan fingerprint density at radius 1 is 1.40 bits per heavy atom. The van der Waals surface area contributed by atoms with E-state index in [0.717, 1.165) is 6.42 Å². The van der Waals surface area contributed by atoms with Gasteiger partial charge in [0.2, 0.25) is 5.91 Å². The van der Waals surface area contributed by atoms with Crippen molar-refractivity contribution in [2.45, 2.75) is 40.0 Å². The van der Waals surface area contributed by atoms with Crippen molar-refractivity contribution in [3.05, 3.63) is 0 Å². The maximum absolute atomic E-state index is 11.6. The molecule has 0 spiro atoms. The quantitative estimate of drug-likeness (QED) is 0.678. The lowest BCUT2D eigenvalue weighted by Gasteiger charge is -2.23. The Kier molecular flexibility index (Phi) is 3.07. The fourth-order valence-electron chi connectivity index (χ4n) is 1.28. The molecule has 0 aliphatic heterocycles. The van der Waals surface area contributed by atoms with Gasteiger partial charge in [-0.3, -0.25) is 9.59 Å². The molecule has 1 saturated carbocycles. The topological polar surface area (TPSA) is 66.4 Å². The highest BCUT2D eigenvalue weighted by Crippen LogP contribution is 2.46. The van der Waals surface area contributed by atoms with Gasteiger partial charge < -0.3 is 10.4 Å². The summed E-state index contributed by atoms with van der Waals surface area (Å²) in [4.78, 5) is 22.5. The first kappa shape index (κ1) is 12.0. The Morgan fingerprint density at radius 3 is 2.27 bits per heavy atom. The van der Waals surface area contributed by atoms with Crippen molar-refractivity contribution in [1.82, 2.24) is 5.32 Å². The summed E-state index contributed by atoms with van der Waals surface area (Å²) >= 11 is 0. The standard InChI is InChI=1S/C11H19NO3/c1-4-10(2,3)7-12-8(13)11(5-6-11)9(14)15/h4-7H2,1-3H3,(H,12,13)(H,14,15). The predicted molar refractivity (Wildman–Crippen MR) is 56.4 cm³/mol. The number of carbonyl (C=O) groups excluding carboxylic acids is 1. The van der Waals surface area contributed by atoms with Crippen LogP contribution in [0.5, 0.6) is 0 Å². The molecule has 4 heteroatoms. The smallest absolute Gasteiger partial charge is 0.319 e. The maximum atomic E-state index is 11.6. The van der Waals surface area contributed by atoms with Gasteiger partial charge in [0.1, 0.15) is 5.41 Å². The van der Waals surface area contributed by atoms with Crippen molar-refractivity contribution in [2.75, 3.05) is 6.54 Å². The summed E-state index contributed by atoms with van der Waals surface area (Å²) in [6.45, 7) is 6.69. The summed E-state index contributed by atoms with van der Waals surface area (Å²) in [5, 5.41) is 11.6. The summed E-state index contributed by atoms with van der Waals surface area (Å²) in [6, 6.07) is 0. The minimum Gasteiger partial charge on any atom is -0.480 e. The Morgan fingerprint density at radius 2 is 1.93 bits per heavy atom. The zero-order chi connectivity index (χ0) is 11.7. The van der Waals surface area contributed by atoms with E-state index >= 15 is 0 Å². The highest BCUT2D eigenvalue weighted by molar-refractivity contribution is 6.04. The monoisotopic (exact) mass is 213 g/mol. The molecule has 0 aromatic heterocycles. The Labute approximate surface area is 90.0 Å². The summed E-state index contributed by atoms with van der Waals surface area (Å²) in [6.07, 6.45) is 1.90. The van der Waals surface area contributed by atoms with Crippen molar-refractivity contribution in [2.24, 2.45) is 10.8 Å². The van der Waals surface area contributed by atoms with Gasteiger partial charge in [-0.25, -0.2) is 0 Å². The number of hydrogen-bond donors (Lipinski definition) is 2. The highest BCUT2D eigenvalue weighted by atomic mass is 16.4. The molecular weight excluding hydrogens is 194 g/mol. The Hall–Kier alpha value is -1.06. The molecule has 0 aromatic carbocycles. The van der Waals surface area contributed by atoms with Crippen molar-refractivity contribution in [1.29, 1.82) is 0 Å². The van der Waals surface area contributed by atoms with E-state index in [1.807, 2.05) is 13.8 Å². The van der Waals surface area contributed by atoms with E-state index in [0.29, 0.717) is 19.4 Å². The molecule has 4 nitrogen and oxygen atoms in total. The Balaban J connectivity index is 2.47. The molecule has 1 fully saturated rings. The van der Waals surface area contributed by atoms with Crippen LogP contribution in [0, 0.1) is 10.8 Å². The van der Waals surface area contributed by atoms with Gasteiger partial charge in [0.25, 0.3) is 0 Å². The van der Waals surface area contributed by atoms with Gasteiger partial charge in [0.15, 0.2) is 0 Å². The largest absolute Gasteiger partial charge is 0.480 e. The molecule has 0 bridgehead atoms. The first-order valence-corrected chi connectivity index (χ1v) is 5.36. The van der Waals surface area contributed by atoms with Gasteiger partial charge >= 0.3 is 5.97 Å². The second-order valence-electron chi connectivity index (χ2n) is 5.09. The lowest BCUT2D eigenvalue weighted by atomic mass is 9.90. The van der Waals surface area contributed by atoms with Crippen LogP contribution < -0.4 is 5.32 Å². The zero-order valence-corrected chi connectivity index (χ0v) is 9.59. The van der Waals surface area contributed by atoms with E-state index < -0.39 is 11.4 Å². The lowest BCUT2D eigenvalue weighted by molar-refractivity contribution is -0.149. The Bertz CT molecular complexity index is 280. The molecule has 1 rings (SSSR count). The number of carboxylic acids is 1. The number of carboxylic acid groups (broad SMARTS) is 1. The summed E-state index contributed by atoms with van der Waals surface area (Å²) in [5.41, 5.74) is -1.08. The fourth-order valence-corrected chi connectivity index (χ4v) is 1.28. The van der Waals surface area contributed by atoms with Gasteiger partial charge in [-0.15, -0.1) is 0 Å². The minimum absolute atomic E-state index is 0.0320. The average Bonchev–Trinajstić information content (AvgIpc) is 2.95. The van der Waals surface area contributed by atoms with Crippen LogP contribution in [0.4, 0.5) is 0 Å². The molecule has 0 saturated heterocycles. The van der Waals surface area contributed by atoms with Crippen molar-refractivity contribution >= 4 is 11.9 Å². The third kappa shape index (κ3) is 2.49. The molecule has 0 atom stereocenters. The van der Waals surface area contributed by atoms with Crippen LogP contribution in [0.1, 0.15) is 40.0 Å². The van der Waals surface area contributed by atoms with Crippen LogP contribution in [-0.4, -0.2) is 23.5 Å². The molecular formula is C11H19NO3. The van der Waals surface area contributed by atoms with Gasteiger partial charge in [-0.05, 0) is 24.7 Å². The van der Waals surface area contributed by atoms with E-state index in [-0.39, 0.29) is 11.3 Å². The van der Waals surface area contributed by atoms with Crippen LogP contribution in [-0.2, 0) is 9.59 Å². The SMILES string of the molecule is CCC(C)(C)CNC(=O)C1(C(=O)O)CC1. The number of hydrogen-bond acceptors (Lipinski definition) is 2. The van der Waals surface area contributed by atoms with Crippen LogP contribution in [0.3, 0.4) is 0 Å². The maximum Gasteiger partial charge on any atom is 0.319 e. The number of carbonyl (C=O) groups is 2. The van der Waals surface area contributed by atoms with Crippen molar-refractivity contribution < 1.29 is 14.7 Å². The molecule has 0 unspecified atom stereocenters. The van der Waals surface area contributed by atoms with Gasteiger partial charge in [0.05, 0.1) is 0 Å². The first-order chi connectivity index (χ1) is 6.84. The number of nitrogens with one attached hydrogen (secondary N) is 1. The number of amides is 1. The summed E-state index contributed by atoms with van der Waals surface area (Å²) in [5.74, 6) is -1.31.